The third kappa shape index (κ3) is 13.5. The normalized spacial score (nSPS) is 10.7. The molecule has 0 saturated heterocycles. The van der Waals surface area contributed by atoms with Crippen molar-refractivity contribution in [3.63, 3.8) is 0 Å². The summed E-state index contributed by atoms with van der Waals surface area (Å²) in [5.41, 5.74) is 0.0692. The number of phenolic OH excluding ortho intramolecular Hbond substituents is 1. The van der Waals surface area contributed by atoms with Crippen LogP contribution in [0.25, 0.3) is 0 Å². The van der Waals surface area contributed by atoms with Crippen LogP contribution in [-0.2, 0) is 9.53 Å². The summed E-state index contributed by atoms with van der Waals surface area (Å²) in [4.78, 5) is 23.0. The Morgan fingerprint density at radius 3 is 1.88 bits per heavy atom. The van der Waals surface area contributed by atoms with Gasteiger partial charge < -0.3 is 19.9 Å². The van der Waals surface area contributed by atoms with Gasteiger partial charge >= 0.3 is 6.16 Å². The second-order valence-corrected chi connectivity index (χ2v) is 8.69. The topological polar surface area (TPSA) is 84.9 Å². The predicted octanol–water partition coefficient (Wildman–Crippen LogP) is 8.00. The lowest BCUT2D eigenvalue weighted by Gasteiger charge is -2.10. The molecule has 0 heterocycles. The van der Waals surface area contributed by atoms with Crippen LogP contribution in [0.5, 0.6) is 11.5 Å². The third-order valence-electron chi connectivity index (χ3n) is 5.27. The van der Waals surface area contributed by atoms with E-state index >= 15 is 0 Å². The Morgan fingerprint density at radius 2 is 1.38 bits per heavy atom. The van der Waals surface area contributed by atoms with Gasteiger partial charge in [-0.25, -0.2) is 4.79 Å². The Balaban J connectivity index is 2.04. The van der Waals surface area contributed by atoms with Crippen molar-refractivity contribution >= 4 is 29.4 Å². The van der Waals surface area contributed by atoms with Crippen molar-refractivity contribution in [2.45, 2.75) is 104 Å². The van der Waals surface area contributed by atoms with Crippen LogP contribution in [0.3, 0.4) is 0 Å². The molecule has 7 heteroatoms. The Hall–Kier alpha value is -1.95. The lowest BCUT2D eigenvalue weighted by Crippen LogP contribution is -2.12. The van der Waals surface area contributed by atoms with Crippen LogP contribution in [0.15, 0.2) is 12.1 Å². The molecular weight excluding hydrogens is 430 g/mol. The molecule has 32 heavy (non-hydrogen) atoms. The van der Waals surface area contributed by atoms with Crippen molar-refractivity contribution in [1.29, 1.82) is 0 Å². The van der Waals surface area contributed by atoms with E-state index in [0.29, 0.717) is 6.61 Å². The monoisotopic (exact) mass is 469 g/mol. The molecule has 0 saturated carbocycles. The van der Waals surface area contributed by atoms with Gasteiger partial charge in [-0.2, -0.15) is 0 Å². The van der Waals surface area contributed by atoms with Crippen LogP contribution in [0, 0.1) is 0 Å². The first-order valence-corrected chi connectivity index (χ1v) is 12.5. The van der Waals surface area contributed by atoms with Gasteiger partial charge in [0.1, 0.15) is 5.75 Å². The fraction of sp³-hybridized carbons (Fsp3) is 0.680. The highest BCUT2D eigenvalue weighted by molar-refractivity contribution is 6.32. The van der Waals surface area contributed by atoms with E-state index in [-0.39, 0.29) is 28.1 Å². The van der Waals surface area contributed by atoms with Crippen LogP contribution >= 0.6 is 11.6 Å². The van der Waals surface area contributed by atoms with E-state index in [4.69, 9.17) is 21.1 Å². The van der Waals surface area contributed by atoms with E-state index in [1.54, 1.807) is 0 Å². The highest BCUT2D eigenvalue weighted by Gasteiger charge is 2.13. The van der Waals surface area contributed by atoms with Gasteiger partial charge in [0.05, 0.1) is 17.3 Å². The van der Waals surface area contributed by atoms with Gasteiger partial charge in [-0.1, -0.05) is 102 Å². The minimum absolute atomic E-state index is 0.0361. The summed E-state index contributed by atoms with van der Waals surface area (Å²) in [6, 6.07) is 2.60. The lowest BCUT2D eigenvalue weighted by molar-refractivity contribution is -0.114. The summed E-state index contributed by atoms with van der Waals surface area (Å²) < 4.78 is 10.2. The highest BCUT2D eigenvalue weighted by atomic mass is 35.5. The molecule has 0 unspecified atom stereocenters. The average molecular weight is 470 g/mol. The summed E-state index contributed by atoms with van der Waals surface area (Å²) in [5.74, 6) is -0.582. The Labute approximate surface area is 198 Å². The number of hydrogen-bond acceptors (Lipinski definition) is 5. The van der Waals surface area contributed by atoms with Crippen LogP contribution in [0.1, 0.15) is 104 Å². The van der Waals surface area contributed by atoms with Crippen molar-refractivity contribution in [1.82, 2.24) is 0 Å². The summed E-state index contributed by atoms with van der Waals surface area (Å²) >= 11 is 5.90. The molecule has 0 aliphatic heterocycles. The molecule has 6 nitrogen and oxygen atoms in total. The van der Waals surface area contributed by atoms with Crippen molar-refractivity contribution in [3.05, 3.63) is 17.2 Å². The van der Waals surface area contributed by atoms with Gasteiger partial charge in [0.2, 0.25) is 5.91 Å². The zero-order valence-electron chi connectivity index (χ0n) is 19.7. The van der Waals surface area contributed by atoms with Crippen LogP contribution in [-0.4, -0.2) is 23.8 Å². The fourth-order valence-corrected chi connectivity index (χ4v) is 3.71. The second kappa shape index (κ2) is 17.6. The molecule has 0 bridgehead atoms. The zero-order valence-corrected chi connectivity index (χ0v) is 20.5. The number of halogens is 1. The predicted molar refractivity (Wildman–Crippen MR) is 130 cm³/mol. The Morgan fingerprint density at radius 1 is 0.875 bits per heavy atom. The average Bonchev–Trinajstić information content (AvgIpc) is 2.74. The number of phenols is 1. The Kier molecular flexibility index (Phi) is 15.4. The molecule has 0 aliphatic rings. The van der Waals surface area contributed by atoms with Gasteiger partial charge in [0.15, 0.2) is 5.75 Å². The molecule has 2 N–H and O–H groups in total. The Bertz CT molecular complexity index is 681. The minimum atomic E-state index is -0.838. The number of ether oxygens (including phenoxy) is 2. The van der Waals surface area contributed by atoms with Gasteiger partial charge in [0, 0.05) is 19.1 Å². The number of hydrogen-bond donors (Lipinski definition) is 2. The first kappa shape index (κ1) is 28.1. The van der Waals surface area contributed by atoms with Gasteiger partial charge in [-0.15, -0.1) is 0 Å². The second-order valence-electron chi connectivity index (χ2n) is 8.28. The van der Waals surface area contributed by atoms with Crippen LogP contribution < -0.4 is 10.1 Å². The van der Waals surface area contributed by atoms with E-state index in [0.717, 1.165) is 19.3 Å². The maximum atomic E-state index is 11.8. The standard InChI is InChI=1S/C25H40ClNO5/c1-3-4-5-6-7-8-9-10-11-12-13-14-15-16-17-31-25(30)32-21-18-22(26)24(29)23(19-21)27-20(2)28/h18-19,29H,3-17H2,1-2H3,(H,27,28). The molecule has 0 fully saturated rings. The first-order chi connectivity index (χ1) is 15.4. The van der Waals surface area contributed by atoms with Crippen molar-refractivity contribution in [2.24, 2.45) is 0 Å². The number of amides is 1. The molecule has 1 amide bonds. The van der Waals surface area contributed by atoms with E-state index in [1.165, 1.54) is 89.7 Å². The number of carbonyl (C=O) groups is 2. The molecule has 1 rings (SSSR count). The maximum absolute atomic E-state index is 11.8. The lowest BCUT2D eigenvalue weighted by atomic mass is 10.0. The van der Waals surface area contributed by atoms with Crippen molar-refractivity contribution in [2.75, 3.05) is 11.9 Å². The van der Waals surface area contributed by atoms with Crippen LogP contribution in [0.4, 0.5) is 10.5 Å². The summed E-state index contributed by atoms with van der Waals surface area (Å²) in [6.45, 7) is 3.84. The number of rotatable bonds is 17. The molecule has 0 radical (unpaired) electrons. The fourth-order valence-electron chi connectivity index (χ4n) is 3.50. The maximum Gasteiger partial charge on any atom is 0.513 e. The smallest absolute Gasteiger partial charge is 0.504 e. The van der Waals surface area contributed by atoms with E-state index < -0.39 is 6.16 Å². The SMILES string of the molecule is CCCCCCCCCCCCCCCCOC(=O)Oc1cc(Cl)c(O)c(NC(C)=O)c1. The number of anilines is 1. The molecule has 0 atom stereocenters. The van der Waals surface area contributed by atoms with Crippen molar-refractivity contribution in [3.8, 4) is 11.5 Å². The van der Waals surface area contributed by atoms with Crippen molar-refractivity contribution < 1.29 is 24.2 Å². The van der Waals surface area contributed by atoms with Crippen LogP contribution in [0.2, 0.25) is 5.02 Å². The molecule has 0 aromatic heterocycles. The summed E-state index contributed by atoms with van der Waals surface area (Å²) in [7, 11) is 0. The zero-order chi connectivity index (χ0) is 23.6. The molecule has 1 aromatic rings. The van der Waals surface area contributed by atoms with Gasteiger partial charge in [-0.05, 0) is 6.42 Å². The number of nitrogens with one attached hydrogen (secondary N) is 1. The van der Waals surface area contributed by atoms with E-state index in [2.05, 4.69) is 12.2 Å². The molecule has 182 valence electrons. The first-order valence-electron chi connectivity index (χ1n) is 12.1. The third-order valence-corrected chi connectivity index (χ3v) is 5.55. The van der Waals surface area contributed by atoms with Gasteiger partial charge in [-0.3, -0.25) is 4.79 Å². The molecule has 1 aromatic carbocycles. The molecule has 0 spiro atoms. The van der Waals surface area contributed by atoms with E-state index in [9.17, 15) is 14.7 Å². The number of benzene rings is 1. The van der Waals surface area contributed by atoms with E-state index in [1.807, 2.05) is 0 Å². The minimum Gasteiger partial charge on any atom is -0.504 e. The summed E-state index contributed by atoms with van der Waals surface area (Å²) in [5, 5.41) is 12.2. The summed E-state index contributed by atoms with van der Waals surface area (Å²) in [6.07, 6.45) is 16.9. The number of unbranched alkanes of at least 4 members (excludes halogenated alkanes) is 13. The number of aromatic hydroxyl groups is 1. The molecule has 0 aliphatic carbocycles. The molecular formula is C25H40ClNO5. The van der Waals surface area contributed by atoms with Gasteiger partial charge in [0.25, 0.3) is 0 Å². The largest absolute Gasteiger partial charge is 0.513 e. The quantitative estimate of drug-likeness (QED) is 0.104. The number of carbonyl (C=O) groups excluding carboxylic acids is 2. The highest BCUT2D eigenvalue weighted by Crippen LogP contribution is 2.36.